The van der Waals surface area contributed by atoms with Gasteiger partial charge in [0.1, 0.15) is 5.82 Å². The average molecular weight is 336 g/mol. The van der Waals surface area contributed by atoms with Crippen molar-refractivity contribution in [2.24, 2.45) is 0 Å². The quantitative estimate of drug-likeness (QED) is 0.620. The molecule has 0 aliphatic carbocycles. The van der Waals surface area contributed by atoms with Crippen LogP contribution in [0.1, 0.15) is 16.8 Å². The number of ketones is 1. The van der Waals surface area contributed by atoms with E-state index in [0.717, 1.165) is 12.1 Å². The molecule has 3 rings (SSSR count). The lowest BCUT2D eigenvalue weighted by Crippen LogP contribution is -2.11. The molecule has 0 radical (unpaired) electrons. The molecule has 0 atom stereocenters. The maximum Gasteiger partial charge on any atom is 0.231 e. The van der Waals surface area contributed by atoms with E-state index in [-0.39, 0.29) is 29.6 Å². The zero-order valence-electron chi connectivity index (χ0n) is 12.0. The van der Waals surface area contributed by atoms with Crippen LogP contribution in [0.2, 0.25) is 0 Å². The van der Waals surface area contributed by atoms with E-state index in [1.807, 2.05) is 0 Å². The smallest absolute Gasteiger partial charge is 0.231 e. The minimum Gasteiger partial charge on any atom is -0.454 e. The van der Waals surface area contributed by atoms with Gasteiger partial charge in [0.25, 0.3) is 0 Å². The van der Waals surface area contributed by atoms with Gasteiger partial charge in [0, 0.05) is 12.0 Å². The van der Waals surface area contributed by atoms with E-state index in [1.165, 1.54) is 18.2 Å². The van der Waals surface area contributed by atoms with Crippen LogP contribution >= 0.6 is 0 Å². The second-order valence-corrected chi connectivity index (χ2v) is 7.12. The van der Waals surface area contributed by atoms with Crippen LogP contribution in [0.25, 0.3) is 0 Å². The SMILES string of the molecule is O=C(CCS(=O)(=O)c1ccc(F)cc1)c1ccc2c(c1)OCO2. The molecule has 120 valence electrons. The van der Waals surface area contributed by atoms with Crippen molar-refractivity contribution in [1.82, 2.24) is 0 Å². The Bertz CT molecular complexity index is 843. The predicted molar refractivity (Wildman–Crippen MR) is 80.0 cm³/mol. The summed E-state index contributed by atoms with van der Waals surface area (Å²) in [4.78, 5) is 12.2. The molecular formula is C16H13FO5S. The van der Waals surface area contributed by atoms with Crippen LogP contribution < -0.4 is 9.47 Å². The summed E-state index contributed by atoms with van der Waals surface area (Å²) in [7, 11) is -3.64. The highest BCUT2D eigenvalue weighted by Gasteiger charge is 2.20. The Kier molecular flexibility index (Phi) is 4.04. The molecule has 0 spiro atoms. The maximum absolute atomic E-state index is 12.8. The van der Waals surface area contributed by atoms with Crippen molar-refractivity contribution in [3.8, 4) is 11.5 Å². The van der Waals surface area contributed by atoms with Crippen molar-refractivity contribution >= 4 is 15.6 Å². The minimum absolute atomic E-state index is 0.00242. The lowest BCUT2D eigenvalue weighted by atomic mass is 10.1. The first-order valence-electron chi connectivity index (χ1n) is 6.87. The van der Waals surface area contributed by atoms with Crippen molar-refractivity contribution in [3.63, 3.8) is 0 Å². The molecule has 5 nitrogen and oxygen atoms in total. The number of rotatable bonds is 5. The third-order valence-electron chi connectivity index (χ3n) is 3.47. The van der Waals surface area contributed by atoms with Gasteiger partial charge in [-0.15, -0.1) is 0 Å². The zero-order chi connectivity index (χ0) is 16.4. The Morgan fingerprint density at radius 2 is 1.74 bits per heavy atom. The molecule has 1 heterocycles. The molecule has 1 aliphatic heterocycles. The van der Waals surface area contributed by atoms with E-state index < -0.39 is 15.7 Å². The van der Waals surface area contributed by atoms with Gasteiger partial charge in [-0.3, -0.25) is 4.79 Å². The summed E-state index contributed by atoms with van der Waals surface area (Å²) in [6, 6.07) is 9.25. The van der Waals surface area contributed by atoms with Crippen LogP contribution in [-0.2, 0) is 9.84 Å². The normalized spacial score (nSPS) is 13.1. The number of halogens is 1. The predicted octanol–water partition coefficient (Wildman–Crippen LogP) is 2.60. The average Bonchev–Trinajstić information content (AvgIpc) is 3.00. The fraction of sp³-hybridized carbons (Fsp3) is 0.188. The first kappa shape index (κ1) is 15.5. The highest BCUT2D eigenvalue weighted by molar-refractivity contribution is 7.91. The molecule has 0 unspecified atom stereocenters. The van der Waals surface area contributed by atoms with Crippen LogP contribution in [0.15, 0.2) is 47.4 Å². The van der Waals surface area contributed by atoms with Gasteiger partial charge in [-0.2, -0.15) is 0 Å². The topological polar surface area (TPSA) is 69.7 Å². The molecule has 0 fully saturated rings. The second kappa shape index (κ2) is 6.00. The van der Waals surface area contributed by atoms with E-state index >= 15 is 0 Å². The molecule has 0 aromatic heterocycles. The third kappa shape index (κ3) is 3.34. The van der Waals surface area contributed by atoms with Gasteiger partial charge in [0.15, 0.2) is 27.1 Å². The van der Waals surface area contributed by atoms with E-state index in [1.54, 1.807) is 12.1 Å². The van der Waals surface area contributed by atoms with Crippen molar-refractivity contribution < 1.29 is 27.1 Å². The van der Waals surface area contributed by atoms with E-state index in [0.29, 0.717) is 17.1 Å². The Hall–Kier alpha value is -2.41. The maximum atomic E-state index is 12.8. The molecular weight excluding hydrogens is 323 g/mol. The summed E-state index contributed by atoms with van der Waals surface area (Å²) in [5.41, 5.74) is 0.364. The number of carbonyl (C=O) groups is 1. The Morgan fingerprint density at radius 1 is 1.04 bits per heavy atom. The molecule has 0 saturated carbocycles. The van der Waals surface area contributed by atoms with Crippen LogP contribution in [0.3, 0.4) is 0 Å². The highest BCUT2D eigenvalue weighted by atomic mass is 32.2. The number of benzene rings is 2. The van der Waals surface area contributed by atoms with Crippen molar-refractivity contribution in [1.29, 1.82) is 0 Å². The lowest BCUT2D eigenvalue weighted by molar-refractivity contribution is 0.0988. The van der Waals surface area contributed by atoms with Crippen LogP contribution in [0.5, 0.6) is 11.5 Å². The third-order valence-corrected chi connectivity index (χ3v) is 5.20. The van der Waals surface area contributed by atoms with Gasteiger partial charge in [0.05, 0.1) is 10.6 Å². The number of hydrogen-bond donors (Lipinski definition) is 0. The lowest BCUT2D eigenvalue weighted by Gasteiger charge is -2.05. The first-order valence-corrected chi connectivity index (χ1v) is 8.52. The molecule has 0 N–H and O–H groups in total. The van der Waals surface area contributed by atoms with Gasteiger partial charge in [0.2, 0.25) is 6.79 Å². The van der Waals surface area contributed by atoms with Gasteiger partial charge in [-0.05, 0) is 42.5 Å². The van der Waals surface area contributed by atoms with Crippen LogP contribution in [0, 0.1) is 5.82 Å². The monoisotopic (exact) mass is 336 g/mol. The Morgan fingerprint density at radius 3 is 2.48 bits per heavy atom. The molecule has 2 aromatic rings. The minimum atomic E-state index is -3.64. The second-order valence-electron chi connectivity index (χ2n) is 5.01. The van der Waals surface area contributed by atoms with Gasteiger partial charge in [-0.25, -0.2) is 12.8 Å². The van der Waals surface area contributed by atoms with Crippen LogP contribution in [-0.4, -0.2) is 26.7 Å². The molecule has 2 aromatic carbocycles. The van der Waals surface area contributed by atoms with Crippen molar-refractivity contribution in [3.05, 3.63) is 53.8 Å². The summed E-state index contributed by atoms with van der Waals surface area (Å²) in [5.74, 6) is -0.140. The summed E-state index contributed by atoms with van der Waals surface area (Å²) in [5, 5.41) is 0. The molecule has 0 saturated heterocycles. The molecule has 7 heteroatoms. The van der Waals surface area contributed by atoms with E-state index in [2.05, 4.69) is 0 Å². The number of fused-ring (bicyclic) bond motifs is 1. The van der Waals surface area contributed by atoms with Gasteiger partial charge < -0.3 is 9.47 Å². The van der Waals surface area contributed by atoms with E-state index in [9.17, 15) is 17.6 Å². The fourth-order valence-corrected chi connectivity index (χ4v) is 3.44. The van der Waals surface area contributed by atoms with Gasteiger partial charge >= 0.3 is 0 Å². The molecule has 23 heavy (non-hydrogen) atoms. The first-order chi connectivity index (χ1) is 11.0. The largest absolute Gasteiger partial charge is 0.454 e. The fourth-order valence-electron chi connectivity index (χ4n) is 2.20. The summed E-state index contributed by atoms with van der Waals surface area (Å²) in [6.07, 6.45) is -0.167. The van der Waals surface area contributed by atoms with Gasteiger partial charge in [-0.1, -0.05) is 0 Å². The number of ether oxygens (including phenoxy) is 2. The zero-order valence-corrected chi connectivity index (χ0v) is 12.8. The molecule has 0 bridgehead atoms. The number of carbonyl (C=O) groups excluding carboxylic acids is 1. The molecule has 1 aliphatic rings. The van der Waals surface area contributed by atoms with E-state index in [4.69, 9.17) is 9.47 Å². The number of hydrogen-bond acceptors (Lipinski definition) is 5. The molecule has 0 amide bonds. The summed E-state index contributed by atoms with van der Waals surface area (Å²) >= 11 is 0. The Labute approximate surface area is 132 Å². The number of Topliss-reactive ketones (excluding diaryl/α,β-unsaturated/α-hetero) is 1. The summed E-state index contributed by atoms with van der Waals surface area (Å²) in [6.45, 7) is 0.103. The number of sulfone groups is 1. The van der Waals surface area contributed by atoms with Crippen molar-refractivity contribution in [2.45, 2.75) is 11.3 Å². The summed E-state index contributed by atoms with van der Waals surface area (Å²) < 4.78 is 47.5. The van der Waals surface area contributed by atoms with Crippen molar-refractivity contribution in [2.75, 3.05) is 12.5 Å². The van der Waals surface area contributed by atoms with Crippen LogP contribution in [0.4, 0.5) is 4.39 Å². The highest BCUT2D eigenvalue weighted by Crippen LogP contribution is 2.32. The standard InChI is InChI=1S/C16H13FO5S/c17-12-2-4-13(5-3-12)23(19,20)8-7-14(18)11-1-6-15-16(9-11)22-10-21-15/h1-6,9H,7-8,10H2. The Balaban J connectivity index is 1.70.